The molecule has 146 valence electrons. The van der Waals surface area contributed by atoms with E-state index in [9.17, 15) is 22.8 Å². The van der Waals surface area contributed by atoms with Gasteiger partial charge in [0.05, 0.1) is 22.0 Å². The third kappa shape index (κ3) is 4.07. The second-order valence-corrected chi connectivity index (χ2v) is 8.33. The zero-order valence-corrected chi connectivity index (χ0v) is 15.8. The molecule has 0 aliphatic carbocycles. The Kier molecular flexibility index (Phi) is 5.68. The number of benzene rings is 1. The molecule has 0 radical (unpaired) electrons. The quantitative estimate of drug-likeness (QED) is 0.664. The molecule has 0 atom stereocenters. The van der Waals surface area contributed by atoms with Gasteiger partial charge in [-0.25, -0.2) is 22.9 Å². The largest absolute Gasteiger partial charge is 0.452 e. The molecule has 2 aliphatic heterocycles. The third-order valence-electron chi connectivity index (χ3n) is 4.25. The second-order valence-electron chi connectivity index (χ2n) is 5.99. The van der Waals surface area contributed by atoms with E-state index < -0.39 is 34.6 Å². The Bertz CT molecular complexity index is 881. The van der Waals surface area contributed by atoms with Crippen LogP contribution < -0.4 is 0 Å². The maximum Gasteiger partial charge on any atom is 0.416 e. The molecule has 0 bridgehead atoms. The van der Waals surface area contributed by atoms with Gasteiger partial charge >= 0.3 is 12.1 Å². The lowest BCUT2D eigenvalue weighted by Crippen LogP contribution is -2.35. The molecule has 2 heterocycles. The van der Waals surface area contributed by atoms with Crippen LogP contribution in [0.4, 0.5) is 4.79 Å². The van der Waals surface area contributed by atoms with Gasteiger partial charge in [0.1, 0.15) is 6.61 Å². The highest BCUT2D eigenvalue weighted by molar-refractivity contribution is 7.89. The minimum atomic E-state index is -3.73. The zero-order chi connectivity index (χ0) is 19.6. The van der Waals surface area contributed by atoms with Crippen LogP contribution in [0.15, 0.2) is 23.1 Å². The number of nitrogens with zero attached hydrogens (tertiary/aromatic N) is 2. The van der Waals surface area contributed by atoms with Crippen molar-refractivity contribution < 1.29 is 32.3 Å². The van der Waals surface area contributed by atoms with Gasteiger partial charge in [-0.3, -0.25) is 4.79 Å². The van der Waals surface area contributed by atoms with Gasteiger partial charge in [0.25, 0.3) is 5.91 Å². The number of hydrogen-bond acceptors (Lipinski definition) is 7. The smallest absolute Gasteiger partial charge is 0.416 e. The van der Waals surface area contributed by atoms with Gasteiger partial charge in [-0.2, -0.15) is 4.31 Å². The molecule has 27 heavy (non-hydrogen) atoms. The number of ether oxygens (including phenoxy) is 2. The summed E-state index contributed by atoms with van der Waals surface area (Å²) in [4.78, 5) is 36.2. The fourth-order valence-corrected chi connectivity index (χ4v) is 4.54. The van der Waals surface area contributed by atoms with Crippen molar-refractivity contribution in [3.63, 3.8) is 0 Å². The molecule has 9 nitrogen and oxygen atoms in total. The summed E-state index contributed by atoms with van der Waals surface area (Å²) in [5.41, 5.74) is -0.172. The van der Waals surface area contributed by atoms with Crippen LogP contribution in [0.2, 0.25) is 5.02 Å². The highest BCUT2D eigenvalue weighted by atomic mass is 35.5. The van der Waals surface area contributed by atoms with Gasteiger partial charge in [0.15, 0.2) is 6.61 Å². The van der Waals surface area contributed by atoms with Gasteiger partial charge in [-0.15, -0.1) is 0 Å². The first kappa shape index (κ1) is 19.6. The molecule has 0 N–H and O–H groups in total. The number of halogens is 1. The number of amides is 2. The van der Waals surface area contributed by atoms with Crippen molar-refractivity contribution in [3.8, 4) is 0 Å². The maximum atomic E-state index is 12.6. The van der Waals surface area contributed by atoms with E-state index in [1.807, 2.05) is 0 Å². The number of carbonyl (C=O) groups is 3. The molecular weight excluding hydrogens is 400 g/mol. The van der Waals surface area contributed by atoms with Crippen LogP contribution in [-0.2, 0) is 24.3 Å². The molecule has 1 aromatic rings. The first-order valence-corrected chi connectivity index (χ1v) is 10.1. The Labute approximate surface area is 160 Å². The molecule has 0 unspecified atom stereocenters. The Morgan fingerprint density at radius 2 is 1.89 bits per heavy atom. The first-order chi connectivity index (χ1) is 12.8. The van der Waals surface area contributed by atoms with Crippen molar-refractivity contribution in [3.05, 3.63) is 28.8 Å². The van der Waals surface area contributed by atoms with Crippen molar-refractivity contribution in [2.24, 2.45) is 0 Å². The van der Waals surface area contributed by atoms with Crippen LogP contribution in [0.5, 0.6) is 0 Å². The number of cyclic esters (lactones) is 1. The maximum absolute atomic E-state index is 12.6. The van der Waals surface area contributed by atoms with E-state index in [4.69, 9.17) is 16.3 Å². The highest BCUT2D eigenvalue weighted by Gasteiger charge is 2.30. The normalized spacial score (nSPS) is 17.8. The Hall–Kier alpha value is -2.17. The molecule has 2 amide bonds. The average Bonchev–Trinajstić information content (AvgIpc) is 3.31. The Morgan fingerprint density at radius 1 is 1.19 bits per heavy atom. The summed E-state index contributed by atoms with van der Waals surface area (Å²) in [7, 11) is -3.73. The van der Waals surface area contributed by atoms with E-state index in [2.05, 4.69) is 4.74 Å². The number of sulfonamides is 1. The average molecular weight is 417 g/mol. The topological polar surface area (TPSA) is 110 Å². The van der Waals surface area contributed by atoms with Crippen molar-refractivity contribution in [2.75, 3.05) is 32.8 Å². The Morgan fingerprint density at radius 3 is 2.52 bits per heavy atom. The predicted octanol–water partition coefficient (Wildman–Crippen LogP) is 1.26. The van der Waals surface area contributed by atoms with Crippen molar-refractivity contribution in [1.82, 2.24) is 9.21 Å². The molecule has 2 fully saturated rings. The van der Waals surface area contributed by atoms with Crippen molar-refractivity contribution in [2.45, 2.75) is 17.7 Å². The number of rotatable bonds is 5. The van der Waals surface area contributed by atoms with Crippen LogP contribution in [0, 0.1) is 0 Å². The third-order valence-corrected chi connectivity index (χ3v) is 6.47. The SMILES string of the molecule is O=C(OCC(=O)N1CCOC1=O)c1cc(S(=O)(=O)N2CCCC2)ccc1Cl. The van der Waals surface area contributed by atoms with Crippen LogP contribution in [0.25, 0.3) is 0 Å². The minimum absolute atomic E-state index is 0.00611. The zero-order valence-electron chi connectivity index (χ0n) is 14.2. The van der Waals surface area contributed by atoms with Crippen LogP contribution in [0.1, 0.15) is 23.2 Å². The van der Waals surface area contributed by atoms with E-state index in [1.165, 1.54) is 16.4 Å². The summed E-state index contributed by atoms with van der Waals surface area (Å²) in [6, 6.07) is 3.74. The van der Waals surface area contributed by atoms with Crippen LogP contribution in [0.3, 0.4) is 0 Å². The minimum Gasteiger partial charge on any atom is -0.452 e. The molecule has 2 aliphatic rings. The lowest BCUT2D eigenvalue weighted by atomic mass is 10.2. The van der Waals surface area contributed by atoms with Gasteiger partial charge in [-0.05, 0) is 31.0 Å². The highest BCUT2D eigenvalue weighted by Crippen LogP contribution is 2.25. The molecule has 0 aromatic heterocycles. The summed E-state index contributed by atoms with van der Waals surface area (Å²) in [6.45, 7) is 0.323. The number of esters is 1. The standard InChI is InChI=1S/C16H17ClN2O7S/c17-13-4-3-11(27(23,24)18-5-1-2-6-18)9-12(13)15(21)26-10-14(20)19-7-8-25-16(19)22/h3-4,9H,1-2,5-8,10H2. The number of imide groups is 1. The first-order valence-electron chi connectivity index (χ1n) is 8.24. The van der Waals surface area contributed by atoms with Crippen LogP contribution >= 0.6 is 11.6 Å². The lowest BCUT2D eigenvalue weighted by molar-refractivity contribution is -0.131. The summed E-state index contributed by atoms with van der Waals surface area (Å²) >= 11 is 5.99. The van der Waals surface area contributed by atoms with Crippen molar-refractivity contribution >= 4 is 39.6 Å². The van der Waals surface area contributed by atoms with Gasteiger partial charge in [0.2, 0.25) is 10.0 Å². The monoisotopic (exact) mass is 416 g/mol. The van der Waals surface area contributed by atoms with E-state index in [0.29, 0.717) is 13.1 Å². The molecule has 0 saturated carbocycles. The second kappa shape index (κ2) is 7.83. The van der Waals surface area contributed by atoms with E-state index in [1.54, 1.807) is 0 Å². The summed E-state index contributed by atoms with van der Waals surface area (Å²) in [5.74, 6) is -1.69. The van der Waals surface area contributed by atoms with E-state index in [-0.39, 0.29) is 28.6 Å². The molecule has 2 saturated heterocycles. The van der Waals surface area contributed by atoms with Crippen LogP contribution in [-0.4, -0.2) is 68.4 Å². The van der Waals surface area contributed by atoms with Gasteiger partial charge in [0, 0.05) is 13.1 Å². The van der Waals surface area contributed by atoms with Gasteiger partial charge in [-0.1, -0.05) is 11.6 Å². The fraction of sp³-hybridized carbons (Fsp3) is 0.438. The molecule has 1 aromatic carbocycles. The number of hydrogen-bond donors (Lipinski definition) is 0. The molecular formula is C16H17ClN2O7S. The molecule has 0 spiro atoms. The number of carbonyl (C=O) groups excluding carboxylic acids is 3. The Balaban J connectivity index is 1.73. The predicted molar refractivity (Wildman–Crippen MR) is 92.8 cm³/mol. The van der Waals surface area contributed by atoms with Gasteiger partial charge < -0.3 is 9.47 Å². The lowest BCUT2D eigenvalue weighted by Gasteiger charge is -2.16. The summed E-state index contributed by atoms with van der Waals surface area (Å²) in [6.07, 6.45) is 0.763. The van der Waals surface area contributed by atoms with E-state index >= 15 is 0 Å². The molecule has 3 rings (SSSR count). The summed E-state index contributed by atoms with van der Waals surface area (Å²) < 4.78 is 36.1. The molecule has 11 heteroatoms. The van der Waals surface area contributed by atoms with E-state index in [0.717, 1.165) is 23.8 Å². The van der Waals surface area contributed by atoms with Crippen molar-refractivity contribution in [1.29, 1.82) is 0 Å². The summed E-state index contributed by atoms with van der Waals surface area (Å²) in [5, 5.41) is -0.00611. The fourth-order valence-electron chi connectivity index (χ4n) is 2.80.